The predicted molar refractivity (Wildman–Crippen MR) is 63.2 cm³/mol. The lowest BCUT2D eigenvalue weighted by Crippen LogP contribution is -2.42. The number of ether oxygens (including phenoxy) is 2. The SMILES string of the molecule is O=C(c1ncccn1)C1CCOC2(CCOC2)C1. The maximum atomic E-state index is 12.3. The van der Waals surface area contributed by atoms with Crippen molar-refractivity contribution in [3.8, 4) is 0 Å². The van der Waals surface area contributed by atoms with Gasteiger partial charge >= 0.3 is 0 Å². The second-order valence-corrected chi connectivity index (χ2v) is 4.96. The fraction of sp³-hybridized carbons (Fsp3) is 0.615. The molecule has 2 unspecified atom stereocenters. The van der Waals surface area contributed by atoms with Crippen molar-refractivity contribution in [3.05, 3.63) is 24.3 Å². The zero-order chi connectivity index (χ0) is 12.4. The molecule has 0 radical (unpaired) electrons. The Balaban J connectivity index is 1.74. The van der Waals surface area contributed by atoms with Crippen LogP contribution in [0.5, 0.6) is 0 Å². The third kappa shape index (κ3) is 2.15. The molecule has 2 aliphatic rings. The van der Waals surface area contributed by atoms with Gasteiger partial charge in [0, 0.05) is 37.9 Å². The van der Waals surface area contributed by atoms with E-state index in [0.717, 1.165) is 25.9 Å². The van der Waals surface area contributed by atoms with Gasteiger partial charge in [-0.1, -0.05) is 0 Å². The molecule has 0 saturated carbocycles. The number of carbonyl (C=O) groups is 1. The van der Waals surface area contributed by atoms with Gasteiger partial charge in [0.15, 0.2) is 5.82 Å². The van der Waals surface area contributed by atoms with E-state index in [0.29, 0.717) is 19.0 Å². The summed E-state index contributed by atoms with van der Waals surface area (Å²) in [7, 11) is 0. The summed E-state index contributed by atoms with van der Waals surface area (Å²) in [5.41, 5.74) is -0.243. The van der Waals surface area contributed by atoms with E-state index in [1.807, 2.05) is 0 Å². The molecule has 96 valence electrons. The number of Topliss-reactive ketones (excluding diaryl/α,β-unsaturated/α-hetero) is 1. The Bertz CT molecular complexity index is 429. The maximum absolute atomic E-state index is 12.3. The Morgan fingerprint density at radius 3 is 2.89 bits per heavy atom. The van der Waals surface area contributed by atoms with Gasteiger partial charge < -0.3 is 9.47 Å². The molecular formula is C13H16N2O3. The van der Waals surface area contributed by atoms with Crippen molar-refractivity contribution in [1.82, 2.24) is 9.97 Å². The summed E-state index contributed by atoms with van der Waals surface area (Å²) < 4.78 is 11.2. The van der Waals surface area contributed by atoms with E-state index in [2.05, 4.69) is 9.97 Å². The van der Waals surface area contributed by atoms with Crippen molar-refractivity contribution in [2.45, 2.75) is 24.9 Å². The highest BCUT2D eigenvalue weighted by Gasteiger charge is 2.43. The first kappa shape index (κ1) is 11.7. The minimum atomic E-state index is -0.243. The molecule has 18 heavy (non-hydrogen) atoms. The summed E-state index contributed by atoms with van der Waals surface area (Å²) >= 11 is 0. The normalized spacial score (nSPS) is 31.7. The number of rotatable bonds is 2. The van der Waals surface area contributed by atoms with E-state index in [-0.39, 0.29) is 17.3 Å². The van der Waals surface area contributed by atoms with Gasteiger partial charge in [-0.2, -0.15) is 0 Å². The van der Waals surface area contributed by atoms with Gasteiger partial charge in [-0.15, -0.1) is 0 Å². The maximum Gasteiger partial charge on any atom is 0.203 e. The van der Waals surface area contributed by atoms with Crippen molar-refractivity contribution in [2.75, 3.05) is 19.8 Å². The molecule has 0 aromatic carbocycles. The molecule has 5 heteroatoms. The second-order valence-electron chi connectivity index (χ2n) is 4.96. The van der Waals surface area contributed by atoms with Crippen LogP contribution in [0.2, 0.25) is 0 Å². The highest BCUT2D eigenvalue weighted by molar-refractivity contribution is 5.94. The predicted octanol–water partition coefficient (Wildman–Crippen LogP) is 1.24. The van der Waals surface area contributed by atoms with Gasteiger partial charge in [0.1, 0.15) is 0 Å². The van der Waals surface area contributed by atoms with Crippen LogP contribution in [0, 0.1) is 5.92 Å². The van der Waals surface area contributed by atoms with Crippen molar-refractivity contribution in [3.63, 3.8) is 0 Å². The van der Waals surface area contributed by atoms with Crippen molar-refractivity contribution in [2.24, 2.45) is 5.92 Å². The summed E-state index contributed by atoms with van der Waals surface area (Å²) in [5, 5.41) is 0. The Hall–Kier alpha value is -1.33. The number of hydrogen-bond donors (Lipinski definition) is 0. The summed E-state index contributed by atoms with van der Waals surface area (Å²) in [6.07, 6.45) is 5.57. The standard InChI is InChI=1S/C13H16N2O3/c16-11(12-14-4-1-5-15-12)10-2-6-18-13(8-10)3-7-17-9-13/h1,4-5,10H,2-3,6-9H2. The van der Waals surface area contributed by atoms with Crippen molar-refractivity contribution in [1.29, 1.82) is 0 Å². The molecule has 0 N–H and O–H groups in total. The van der Waals surface area contributed by atoms with Gasteiger partial charge in [-0.05, 0) is 18.9 Å². The van der Waals surface area contributed by atoms with Gasteiger partial charge in [-0.25, -0.2) is 9.97 Å². The molecule has 2 aliphatic heterocycles. The lowest BCUT2D eigenvalue weighted by molar-refractivity contribution is -0.0921. The first-order chi connectivity index (χ1) is 8.79. The fourth-order valence-corrected chi connectivity index (χ4v) is 2.72. The van der Waals surface area contributed by atoms with Crippen LogP contribution in [-0.4, -0.2) is 41.2 Å². The summed E-state index contributed by atoms with van der Waals surface area (Å²) in [6.45, 7) is 1.95. The first-order valence-electron chi connectivity index (χ1n) is 6.32. The van der Waals surface area contributed by atoms with E-state index in [1.165, 1.54) is 0 Å². The molecule has 2 fully saturated rings. The molecule has 3 heterocycles. The topological polar surface area (TPSA) is 61.3 Å². The number of carbonyl (C=O) groups excluding carboxylic acids is 1. The Morgan fingerprint density at radius 1 is 1.33 bits per heavy atom. The molecule has 2 saturated heterocycles. The molecule has 0 amide bonds. The van der Waals surface area contributed by atoms with Crippen LogP contribution < -0.4 is 0 Å². The minimum absolute atomic E-state index is 0.0326. The monoisotopic (exact) mass is 248 g/mol. The van der Waals surface area contributed by atoms with Crippen LogP contribution >= 0.6 is 0 Å². The highest BCUT2D eigenvalue weighted by Crippen LogP contribution is 2.36. The lowest BCUT2D eigenvalue weighted by atomic mass is 9.82. The summed E-state index contributed by atoms with van der Waals surface area (Å²) in [5.74, 6) is 0.312. The molecule has 1 aromatic rings. The molecule has 2 atom stereocenters. The van der Waals surface area contributed by atoms with Crippen LogP contribution in [0.3, 0.4) is 0 Å². The second kappa shape index (κ2) is 4.74. The van der Waals surface area contributed by atoms with Crippen LogP contribution in [-0.2, 0) is 9.47 Å². The van der Waals surface area contributed by atoms with Crippen LogP contribution in [0.25, 0.3) is 0 Å². The summed E-state index contributed by atoms with van der Waals surface area (Å²) in [6, 6.07) is 1.72. The number of nitrogens with zero attached hydrogens (tertiary/aromatic N) is 2. The molecule has 0 aliphatic carbocycles. The third-order valence-electron chi connectivity index (χ3n) is 3.72. The Labute approximate surface area is 106 Å². The molecule has 0 bridgehead atoms. The average molecular weight is 248 g/mol. The van der Waals surface area contributed by atoms with Crippen molar-refractivity contribution < 1.29 is 14.3 Å². The summed E-state index contributed by atoms with van der Waals surface area (Å²) in [4.78, 5) is 20.4. The minimum Gasteiger partial charge on any atom is -0.378 e. The average Bonchev–Trinajstić information content (AvgIpc) is 2.87. The lowest BCUT2D eigenvalue weighted by Gasteiger charge is -2.36. The smallest absolute Gasteiger partial charge is 0.203 e. The number of aromatic nitrogens is 2. The molecule has 1 aromatic heterocycles. The zero-order valence-electron chi connectivity index (χ0n) is 10.2. The van der Waals surface area contributed by atoms with Crippen LogP contribution in [0.1, 0.15) is 29.9 Å². The number of hydrogen-bond acceptors (Lipinski definition) is 5. The van der Waals surface area contributed by atoms with E-state index in [1.54, 1.807) is 18.5 Å². The highest BCUT2D eigenvalue weighted by atomic mass is 16.6. The van der Waals surface area contributed by atoms with Crippen molar-refractivity contribution >= 4 is 5.78 Å². The van der Waals surface area contributed by atoms with Gasteiger partial charge in [0.2, 0.25) is 5.78 Å². The largest absolute Gasteiger partial charge is 0.378 e. The first-order valence-corrected chi connectivity index (χ1v) is 6.32. The van der Waals surface area contributed by atoms with Crippen LogP contribution in [0.15, 0.2) is 18.5 Å². The number of ketones is 1. The molecule has 1 spiro atoms. The zero-order valence-corrected chi connectivity index (χ0v) is 10.2. The third-order valence-corrected chi connectivity index (χ3v) is 3.72. The fourth-order valence-electron chi connectivity index (χ4n) is 2.72. The van der Waals surface area contributed by atoms with E-state index in [4.69, 9.17) is 9.47 Å². The van der Waals surface area contributed by atoms with E-state index < -0.39 is 0 Å². The molecule has 3 rings (SSSR count). The Kier molecular flexibility index (Phi) is 3.09. The van der Waals surface area contributed by atoms with Gasteiger partial charge in [0.25, 0.3) is 0 Å². The van der Waals surface area contributed by atoms with Gasteiger partial charge in [-0.3, -0.25) is 4.79 Å². The quantitative estimate of drug-likeness (QED) is 0.737. The Morgan fingerprint density at radius 2 is 2.17 bits per heavy atom. The van der Waals surface area contributed by atoms with E-state index in [9.17, 15) is 4.79 Å². The van der Waals surface area contributed by atoms with Crippen LogP contribution in [0.4, 0.5) is 0 Å². The van der Waals surface area contributed by atoms with Gasteiger partial charge in [0.05, 0.1) is 12.2 Å². The molecule has 5 nitrogen and oxygen atoms in total. The molecular weight excluding hydrogens is 232 g/mol. The van der Waals surface area contributed by atoms with E-state index >= 15 is 0 Å².